The summed E-state index contributed by atoms with van der Waals surface area (Å²) < 4.78 is 201. The van der Waals surface area contributed by atoms with Gasteiger partial charge in [-0.2, -0.15) is 65.9 Å². The molecule has 0 spiro atoms. The Labute approximate surface area is 576 Å². The fourth-order valence-electron chi connectivity index (χ4n) is 9.67. The van der Waals surface area contributed by atoms with Crippen LogP contribution in [-0.4, -0.2) is 97.1 Å². The average Bonchev–Trinajstić information content (AvgIpc) is 1.68. The van der Waals surface area contributed by atoms with Crippen LogP contribution in [0.15, 0.2) is 128 Å². The number of ketones is 3. The van der Waals surface area contributed by atoms with Crippen molar-refractivity contribution in [3.05, 3.63) is 212 Å². The molecule has 0 saturated carbocycles. The lowest BCUT2D eigenvalue weighted by atomic mass is 9.93. The first-order valence-corrected chi connectivity index (χ1v) is 31.1. The maximum Gasteiger partial charge on any atom is 0.418 e. The Morgan fingerprint density at radius 1 is 0.515 bits per heavy atom. The number of Topliss-reactive ketones (excluding diaryl/α,β-unsaturated/α-hetero) is 3. The third-order valence-electron chi connectivity index (χ3n) is 15.0. The molecule has 101 heavy (non-hydrogen) atoms. The Hall–Kier alpha value is -9.52. The molecule has 32 heteroatoms. The van der Waals surface area contributed by atoms with Crippen LogP contribution in [0.1, 0.15) is 97.5 Å². The highest BCUT2D eigenvalue weighted by atomic mass is 79.9. The molecule has 1 aliphatic heterocycles. The number of nitrogens with one attached hydrogen (secondary N) is 1. The van der Waals surface area contributed by atoms with Crippen LogP contribution >= 0.6 is 15.9 Å². The van der Waals surface area contributed by atoms with Crippen LogP contribution in [0.25, 0.3) is 47.6 Å². The number of aromatic nitrogens is 6. The molecule has 10 rings (SSSR count). The van der Waals surface area contributed by atoms with Gasteiger partial charge in [0, 0.05) is 37.8 Å². The number of alkyl halides is 16. The van der Waals surface area contributed by atoms with E-state index in [0.29, 0.717) is 11.6 Å². The predicted octanol–water partition coefficient (Wildman–Crippen LogP) is 17.6. The Morgan fingerprint density at radius 3 is 1.30 bits per heavy atom. The number of aryl methyl sites for hydroxylation is 1. The summed E-state index contributed by atoms with van der Waals surface area (Å²) in [5.41, 5.74) is -9.66. The van der Waals surface area contributed by atoms with Gasteiger partial charge in [-0.05, 0) is 93.1 Å². The lowest BCUT2D eigenvalue weighted by Crippen LogP contribution is -2.40. The molecule has 4 heterocycles. The molecule has 0 unspecified atom stereocenters. The summed E-state index contributed by atoms with van der Waals surface area (Å²) in [6, 6.07) is 21.8. The molecule has 3 atom stereocenters. The van der Waals surface area contributed by atoms with Crippen LogP contribution in [-0.2, 0) is 82.4 Å². The fraction of sp³-hybridized carbons (Fsp3) is 0.348. The summed E-state index contributed by atoms with van der Waals surface area (Å²) in [5.74, 6) is -2.08. The first kappa shape index (κ1) is 82.1. The van der Waals surface area contributed by atoms with Crippen LogP contribution in [0.3, 0.4) is 0 Å². The van der Waals surface area contributed by atoms with Gasteiger partial charge in [0.2, 0.25) is 0 Å². The van der Waals surface area contributed by atoms with E-state index in [4.69, 9.17) is 24.5 Å². The Kier molecular flexibility index (Phi) is 27.5. The fourth-order valence-corrected chi connectivity index (χ4v) is 9.99. The highest BCUT2D eigenvalue weighted by Crippen LogP contribution is 2.41. The molecular formula is C69H63BrF15N9O7. The minimum absolute atomic E-state index is 0.00883. The largest absolute Gasteiger partial charge is 0.418 e. The second-order valence-corrected chi connectivity index (χ2v) is 23.5. The van der Waals surface area contributed by atoms with Crippen molar-refractivity contribution < 1.29 is 100 Å². The topological polar surface area (TPSA) is 199 Å². The van der Waals surface area contributed by atoms with Gasteiger partial charge in [0.1, 0.15) is 27.8 Å². The van der Waals surface area contributed by atoms with Crippen LogP contribution in [0.4, 0.5) is 82.9 Å². The number of hydrogen-bond acceptors (Lipinski definition) is 10. The maximum atomic E-state index is 13.2. The number of carbonyl (C=O) groups is 3. The average molecular weight is 1500 g/mol. The molecular weight excluding hydrogens is 1430 g/mol. The van der Waals surface area contributed by atoms with Crippen molar-refractivity contribution in [3.8, 4) is 0 Å². The Bertz CT molecular complexity index is 4500. The summed E-state index contributed by atoms with van der Waals surface area (Å²) >= 11 is 2.96. The molecule has 0 aliphatic carbocycles. The number of fused-ring (bicyclic) bond motifs is 3. The van der Waals surface area contributed by atoms with E-state index < -0.39 is 123 Å². The summed E-state index contributed by atoms with van der Waals surface area (Å²) in [6.07, 6.45) is -18.1. The minimum Gasteiger partial charge on any atom is -0.381 e. The van der Waals surface area contributed by atoms with Crippen molar-refractivity contribution in [2.75, 3.05) is 18.5 Å². The number of H-pyrrole nitrogens is 1. The molecule has 6 aromatic carbocycles. The number of rotatable bonds is 14. The summed E-state index contributed by atoms with van der Waals surface area (Å²) in [4.78, 5) is 59.8. The standard InChI is InChI=1S/C21H15F6N3O2.C21H18F3N3O2.C13H11BrF3NO2.C8H5F3N2.C4H8O.C2H6/c1-19(32,10-30-11-29-18-13(20(22,23)24)4-3-5-16(18)30)17(31)9-12-6-7-15(28-2)14(8-12)21(25,26)27;1-13-5-4-6-17-19(13)27(12-26-17)11-20(2,29)18(28)10-14-7-8-16(25-3)15(9-14)21(22,23)24;1-12(20,7-14)11(19)6-8-3-4-10(18-2)9(5-8)13(15,16)17;9-8(10,11)5-2-1-3-6-7(5)13-4-12-6;1-2-4-5-3-1;1-2/h3-8,11,32H,9-10H2,1H3;4-9,12,29H,10-11H2,1-2H3;3-5,20H,6-7H2,1H3;1-4H,(H,12,13);1-4H2;1-2H3/t19-;20-;12-;;;/m000.../s1. The first-order chi connectivity index (χ1) is 47.0. The van der Waals surface area contributed by atoms with Gasteiger partial charge in [-0.1, -0.05) is 109 Å². The van der Waals surface area contributed by atoms with Crippen LogP contribution in [0, 0.1) is 26.6 Å². The second-order valence-electron chi connectivity index (χ2n) is 22.9. The number of hydrogen-bond donors (Lipinski definition) is 4. The molecule has 1 aliphatic rings. The van der Waals surface area contributed by atoms with Crippen LogP contribution in [0.5, 0.6) is 0 Å². The molecule has 0 bridgehead atoms. The molecule has 4 N–H and O–H groups in total. The molecule has 3 aromatic heterocycles. The number of para-hydroxylation sites is 3. The van der Waals surface area contributed by atoms with E-state index in [1.54, 1.807) is 10.6 Å². The quantitative estimate of drug-likeness (QED) is 0.0461. The minimum atomic E-state index is -4.80. The van der Waals surface area contributed by atoms with E-state index >= 15 is 0 Å². The van der Waals surface area contributed by atoms with Gasteiger partial charge >= 0.3 is 30.9 Å². The van der Waals surface area contributed by atoms with Gasteiger partial charge in [-0.15, -0.1) is 0 Å². The lowest BCUT2D eigenvalue weighted by Gasteiger charge is -2.23. The van der Waals surface area contributed by atoms with Crippen molar-refractivity contribution in [2.24, 2.45) is 0 Å². The third kappa shape index (κ3) is 22.0. The van der Waals surface area contributed by atoms with E-state index in [2.05, 4.69) is 50.4 Å². The number of carbonyl (C=O) groups excluding carboxylic acids is 3. The third-order valence-corrected chi connectivity index (χ3v) is 16.0. The molecule has 9 aromatic rings. The SMILES string of the molecule is C1CCOC1.CC.FC(F)(F)c1cccc2[nH]cnc12.[C-]#[N+]c1ccc(CC(=O)[C@@](C)(O)CBr)cc1C(F)(F)F.[C-]#[N+]c1ccc(CC(=O)[C@@](C)(O)Cn2cnc3c(C(F)(F)F)cccc32)cc1C(F)(F)F.[C-]#[N+]c1ccc(CC(=O)[C@@](C)(O)Cn2cnc3cccc(C)c32)cc1C(F)(F)F. The highest BCUT2D eigenvalue weighted by molar-refractivity contribution is 9.09. The van der Waals surface area contributed by atoms with E-state index in [-0.39, 0.29) is 58.0 Å². The molecule has 16 nitrogen and oxygen atoms in total. The molecule has 0 amide bonds. The summed E-state index contributed by atoms with van der Waals surface area (Å²) in [7, 11) is 0. The second kappa shape index (κ2) is 33.8. The van der Waals surface area contributed by atoms with E-state index in [1.807, 2.05) is 39.0 Å². The maximum absolute atomic E-state index is 13.2. The van der Waals surface area contributed by atoms with Gasteiger partial charge in [-0.3, -0.25) is 14.4 Å². The van der Waals surface area contributed by atoms with Crippen LogP contribution < -0.4 is 0 Å². The number of aliphatic hydroxyl groups is 3. The van der Waals surface area contributed by atoms with Gasteiger partial charge in [0.25, 0.3) is 0 Å². The number of aromatic amines is 1. The zero-order valence-corrected chi connectivity index (χ0v) is 55.9. The Balaban J connectivity index is 0.000000244. The zero-order valence-electron chi connectivity index (χ0n) is 54.3. The van der Waals surface area contributed by atoms with Crippen LogP contribution in [0.2, 0.25) is 0 Å². The van der Waals surface area contributed by atoms with Gasteiger partial charge in [0.15, 0.2) is 34.4 Å². The summed E-state index contributed by atoms with van der Waals surface area (Å²) in [5, 5.41) is 31.1. The molecule has 0 radical (unpaired) electrons. The smallest absolute Gasteiger partial charge is 0.381 e. The van der Waals surface area contributed by atoms with Gasteiger partial charge in [-0.25, -0.2) is 29.5 Å². The predicted molar refractivity (Wildman–Crippen MR) is 347 cm³/mol. The number of ether oxygens (including phenoxy) is 1. The van der Waals surface area contributed by atoms with Crippen molar-refractivity contribution in [1.29, 1.82) is 0 Å². The molecule has 1 fully saturated rings. The monoisotopic (exact) mass is 1490 g/mol. The lowest BCUT2D eigenvalue weighted by molar-refractivity contribution is -0.138. The van der Waals surface area contributed by atoms with Crippen molar-refractivity contribution in [1.82, 2.24) is 29.1 Å². The number of halogens is 16. The van der Waals surface area contributed by atoms with Gasteiger partial charge in [0.05, 0.1) is 102 Å². The van der Waals surface area contributed by atoms with Crippen molar-refractivity contribution in [2.45, 2.75) is 134 Å². The van der Waals surface area contributed by atoms with E-state index in [9.17, 15) is 95.6 Å². The number of imidazole rings is 3. The first-order valence-electron chi connectivity index (χ1n) is 30.0. The zero-order chi connectivity index (χ0) is 75.9. The normalized spacial score (nSPS) is 14.2. The molecule has 1 saturated heterocycles. The van der Waals surface area contributed by atoms with E-state index in [0.717, 1.165) is 91.6 Å². The van der Waals surface area contributed by atoms with Crippen molar-refractivity contribution >= 4 is 83.4 Å². The highest BCUT2D eigenvalue weighted by Gasteiger charge is 2.40. The van der Waals surface area contributed by atoms with E-state index in [1.165, 1.54) is 74.2 Å². The van der Waals surface area contributed by atoms with Gasteiger partial charge < -0.3 is 34.2 Å². The van der Waals surface area contributed by atoms with Crippen molar-refractivity contribution in [3.63, 3.8) is 0 Å². The number of benzene rings is 6. The Morgan fingerprint density at radius 2 is 0.901 bits per heavy atom. The number of nitrogens with zero attached hydrogens (tertiary/aromatic N) is 8. The molecule has 538 valence electrons. The summed E-state index contributed by atoms with van der Waals surface area (Å²) in [6.45, 7) is 31.5.